The highest BCUT2D eigenvalue weighted by atomic mass is 14.9. The van der Waals surface area contributed by atoms with Crippen LogP contribution in [0.2, 0.25) is 0 Å². The molecule has 51 heavy (non-hydrogen) atoms. The van der Waals surface area contributed by atoms with Crippen LogP contribution in [0.3, 0.4) is 0 Å². The van der Waals surface area contributed by atoms with Gasteiger partial charge in [0.15, 0.2) is 0 Å². The van der Waals surface area contributed by atoms with Gasteiger partial charge in [0.1, 0.15) is 0 Å². The highest BCUT2D eigenvalue weighted by molar-refractivity contribution is 5.35. The van der Waals surface area contributed by atoms with Gasteiger partial charge in [0.2, 0.25) is 0 Å². The Morgan fingerprint density at radius 3 is 2.04 bits per heavy atom. The minimum absolute atomic E-state index is 0.474. The van der Waals surface area contributed by atoms with Gasteiger partial charge in [-0.1, -0.05) is 134 Å². The molecule has 3 aliphatic carbocycles. The zero-order valence-corrected chi connectivity index (χ0v) is 36.4. The molecule has 0 aromatic carbocycles. The number of rotatable bonds is 18. The summed E-state index contributed by atoms with van der Waals surface area (Å²) >= 11 is 0. The molecule has 0 spiro atoms. The fourth-order valence-electron chi connectivity index (χ4n) is 8.46. The molecule has 3 aliphatic rings. The minimum atomic E-state index is 0.474. The summed E-state index contributed by atoms with van der Waals surface area (Å²) in [4.78, 5) is 0. The molecule has 1 heteroatoms. The van der Waals surface area contributed by atoms with Crippen LogP contribution in [0.5, 0.6) is 0 Å². The molecule has 0 aromatic heterocycles. The van der Waals surface area contributed by atoms with Gasteiger partial charge in [-0.15, -0.1) is 13.2 Å². The highest BCUT2D eigenvalue weighted by Gasteiger charge is 2.48. The molecule has 0 aliphatic heterocycles. The largest absolute Gasteiger partial charge is 0.389 e. The third-order valence-corrected chi connectivity index (χ3v) is 11.7. The molecule has 1 N–H and O–H groups in total. The molecule has 3 saturated carbocycles. The molecule has 0 radical (unpaired) electrons. The van der Waals surface area contributed by atoms with E-state index in [-0.39, 0.29) is 0 Å². The van der Waals surface area contributed by atoms with E-state index in [0.29, 0.717) is 10.8 Å². The summed E-state index contributed by atoms with van der Waals surface area (Å²) in [7, 11) is 0. The van der Waals surface area contributed by atoms with E-state index in [1.165, 1.54) is 143 Å². The second kappa shape index (κ2) is 27.6. The van der Waals surface area contributed by atoms with Crippen LogP contribution in [0.4, 0.5) is 0 Å². The monoisotopic (exact) mass is 704 g/mol. The fraction of sp³-hybridized carbons (Fsp3) is 0.720. The van der Waals surface area contributed by atoms with Gasteiger partial charge in [0.25, 0.3) is 0 Å². The summed E-state index contributed by atoms with van der Waals surface area (Å²) in [6, 6.07) is 0. The fourth-order valence-corrected chi connectivity index (χ4v) is 8.46. The molecule has 294 valence electrons. The number of hydrogen-bond acceptors (Lipinski definition) is 1. The second-order valence-electron chi connectivity index (χ2n) is 17.1. The lowest BCUT2D eigenvalue weighted by molar-refractivity contribution is 0.127. The normalized spacial score (nSPS) is 22.7. The number of hydrogen-bond donors (Lipinski definition) is 1. The van der Waals surface area contributed by atoms with Gasteiger partial charge < -0.3 is 5.32 Å². The molecule has 3 atom stereocenters. The zero-order chi connectivity index (χ0) is 38.9. The number of nitrogens with one attached hydrogen (secondary N) is 1. The van der Waals surface area contributed by atoms with Gasteiger partial charge in [-0.25, -0.2) is 0 Å². The SMILES string of the molecule is C=C(C)CCC(=C)C.C=C(CC)CC(C)(C)CCCCC.C=C(CCCCC1CCC2/C(=C/C=C3/CCCCC3=C)CCCC12C)NCC.CC. The molecule has 3 unspecified atom stereocenters. The first-order valence-corrected chi connectivity index (χ1v) is 21.6. The van der Waals surface area contributed by atoms with Crippen molar-refractivity contribution < 1.29 is 0 Å². The molecule has 0 bridgehead atoms. The zero-order valence-electron chi connectivity index (χ0n) is 36.4. The summed E-state index contributed by atoms with van der Waals surface area (Å²) in [5.74, 6) is 1.75. The Balaban J connectivity index is 0.000000902. The maximum atomic E-state index is 4.31. The van der Waals surface area contributed by atoms with E-state index in [0.717, 1.165) is 44.1 Å². The van der Waals surface area contributed by atoms with E-state index in [2.05, 4.69) is 91.9 Å². The topological polar surface area (TPSA) is 12.0 Å². The summed E-state index contributed by atoms with van der Waals surface area (Å²) < 4.78 is 0. The number of allylic oxidation sites excluding steroid dienone is 9. The Kier molecular flexibility index (Phi) is 26.5. The Labute approximate surface area is 321 Å². The van der Waals surface area contributed by atoms with Crippen molar-refractivity contribution in [3.05, 3.63) is 84.2 Å². The highest BCUT2D eigenvalue weighted by Crippen LogP contribution is 2.58. The first-order chi connectivity index (χ1) is 24.2. The van der Waals surface area contributed by atoms with Gasteiger partial charge in [0.05, 0.1) is 0 Å². The van der Waals surface area contributed by atoms with E-state index >= 15 is 0 Å². The van der Waals surface area contributed by atoms with Crippen LogP contribution in [-0.2, 0) is 0 Å². The van der Waals surface area contributed by atoms with Gasteiger partial charge in [-0.3, -0.25) is 0 Å². The van der Waals surface area contributed by atoms with Crippen LogP contribution >= 0.6 is 0 Å². The lowest BCUT2D eigenvalue weighted by Gasteiger charge is -2.42. The standard InChI is InChI=1S/C27H43N.C13H26.C8H14.C2H6/c1-5-28-22(3)12-7-9-15-25-18-19-26-24(14-10-20-27(25,26)4)17-16-23-13-8-6-11-21(23)2;1-6-8-9-10-13(4,5)11-12(3)7-2;1-7(2)5-6-8(3)4;1-2/h16-17,25-26,28H,2-3,5-15,18-20H2,1,4H3;3,6-11H2,1-2,4-5H3;1,3,5-6H2,2,4H3;1-2H3/b23-16-,24-17+;;;. The predicted octanol–water partition coefficient (Wildman–Crippen LogP) is 16.8. The van der Waals surface area contributed by atoms with Gasteiger partial charge in [-0.05, 0) is 158 Å². The van der Waals surface area contributed by atoms with Crippen molar-refractivity contribution in [1.82, 2.24) is 5.32 Å². The quantitative estimate of drug-likeness (QED) is 0.111. The van der Waals surface area contributed by atoms with Crippen molar-refractivity contribution in [2.75, 3.05) is 6.54 Å². The Hall–Kier alpha value is -2.02. The van der Waals surface area contributed by atoms with Crippen LogP contribution in [-0.4, -0.2) is 6.54 Å². The molecule has 0 amide bonds. The molecule has 0 aromatic rings. The third-order valence-electron chi connectivity index (χ3n) is 11.7. The summed E-state index contributed by atoms with van der Waals surface area (Å²) in [5, 5.41) is 3.36. The summed E-state index contributed by atoms with van der Waals surface area (Å²) in [5.41, 5.74) is 10.8. The molecule has 0 heterocycles. The van der Waals surface area contributed by atoms with E-state index < -0.39 is 0 Å². The molecular weight excluding hydrogens is 615 g/mol. The van der Waals surface area contributed by atoms with Crippen molar-refractivity contribution in [1.29, 1.82) is 0 Å². The van der Waals surface area contributed by atoms with Crippen molar-refractivity contribution in [2.45, 2.75) is 204 Å². The van der Waals surface area contributed by atoms with Crippen molar-refractivity contribution >= 4 is 0 Å². The van der Waals surface area contributed by atoms with Gasteiger partial charge >= 0.3 is 0 Å². The Bertz CT molecular complexity index is 1080. The lowest BCUT2D eigenvalue weighted by Crippen LogP contribution is -2.33. The smallest absolute Gasteiger partial charge is 0.0115 e. The maximum absolute atomic E-state index is 4.31. The number of fused-ring (bicyclic) bond motifs is 1. The van der Waals surface area contributed by atoms with Crippen molar-refractivity contribution in [2.24, 2.45) is 22.7 Å². The molecule has 0 saturated heterocycles. The average Bonchev–Trinajstić information content (AvgIpc) is 3.43. The Morgan fingerprint density at radius 2 is 1.47 bits per heavy atom. The van der Waals surface area contributed by atoms with Crippen LogP contribution < -0.4 is 5.32 Å². The second-order valence-corrected chi connectivity index (χ2v) is 17.1. The Morgan fingerprint density at radius 1 is 0.824 bits per heavy atom. The van der Waals surface area contributed by atoms with Crippen LogP contribution in [0.15, 0.2) is 84.2 Å². The third kappa shape index (κ3) is 20.7. The van der Waals surface area contributed by atoms with E-state index in [1.54, 1.807) is 5.57 Å². The van der Waals surface area contributed by atoms with E-state index in [4.69, 9.17) is 0 Å². The van der Waals surface area contributed by atoms with Gasteiger partial charge in [0, 0.05) is 12.2 Å². The molecular formula is C50H89N. The van der Waals surface area contributed by atoms with Crippen LogP contribution in [0, 0.1) is 22.7 Å². The van der Waals surface area contributed by atoms with Crippen molar-refractivity contribution in [3.8, 4) is 0 Å². The number of unbranched alkanes of at least 4 members (excludes halogenated alkanes) is 3. The maximum Gasteiger partial charge on any atom is 0.0115 e. The lowest BCUT2D eigenvalue weighted by atomic mass is 9.62. The average molecular weight is 704 g/mol. The molecule has 3 rings (SSSR count). The van der Waals surface area contributed by atoms with E-state index in [9.17, 15) is 0 Å². The van der Waals surface area contributed by atoms with Crippen LogP contribution in [0.25, 0.3) is 0 Å². The minimum Gasteiger partial charge on any atom is -0.389 e. The van der Waals surface area contributed by atoms with Gasteiger partial charge in [-0.2, -0.15) is 0 Å². The molecule has 3 fully saturated rings. The van der Waals surface area contributed by atoms with E-state index in [1.807, 2.05) is 27.7 Å². The predicted molar refractivity (Wildman–Crippen MR) is 235 cm³/mol. The first-order valence-electron chi connectivity index (χ1n) is 21.6. The summed E-state index contributed by atoms with van der Waals surface area (Å²) in [6.45, 7) is 43.2. The first kappa shape index (κ1) is 49.0. The van der Waals surface area contributed by atoms with Crippen molar-refractivity contribution in [3.63, 3.8) is 0 Å². The van der Waals surface area contributed by atoms with Crippen LogP contribution in [0.1, 0.15) is 204 Å². The molecule has 1 nitrogen and oxygen atoms in total. The summed E-state index contributed by atoms with van der Waals surface area (Å²) in [6.07, 6.45) is 32.3.